The van der Waals surface area contributed by atoms with Gasteiger partial charge in [0.15, 0.2) is 6.10 Å². The molecule has 2 amide bonds. The summed E-state index contributed by atoms with van der Waals surface area (Å²) < 4.78 is 11.8. The maximum absolute atomic E-state index is 13.0. The van der Waals surface area contributed by atoms with Crippen molar-refractivity contribution in [2.24, 2.45) is 11.8 Å². The topological polar surface area (TPSA) is 80.8 Å². The molecule has 2 aromatic rings. The van der Waals surface area contributed by atoms with Gasteiger partial charge in [0.25, 0.3) is 11.8 Å². The van der Waals surface area contributed by atoms with Crippen LogP contribution in [0.2, 0.25) is 0 Å². The Morgan fingerprint density at radius 1 is 1.17 bits per heavy atom. The number of carbonyl (C=O) groups excluding carboxylic acids is 2. The van der Waals surface area contributed by atoms with E-state index < -0.39 is 6.10 Å². The third kappa shape index (κ3) is 3.46. The fraction of sp³-hybridized carbons (Fsp3) is 0.409. The maximum atomic E-state index is 13.0. The Bertz CT molecular complexity index is 894. The lowest BCUT2D eigenvalue weighted by atomic mass is 9.93. The fourth-order valence-electron chi connectivity index (χ4n) is 4.54. The number of hydrogen-bond donors (Lipinski definition) is 1. The highest BCUT2D eigenvalue weighted by atomic mass is 16.5. The number of hydrogen-bond acceptors (Lipinski definition) is 5. The molecule has 150 valence electrons. The minimum absolute atomic E-state index is 0.0253. The summed E-state index contributed by atoms with van der Waals surface area (Å²) in [6, 6.07) is 11.3. The van der Waals surface area contributed by atoms with Crippen molar-refractivity contribution < 1.29 is 19.1 Å². The molecule has 1 aromatic heterocycles. The van der Waals surface area contributed by atoms with Gasteiger partial charge in [-0.05, 0) is 23.8 Å². The minimum Gasteiger partial charge on any atom is -0.480 e. The lowest BCUT2D eigenvalue weighted by Gasteiger charge is -2.22. The molecule has 0 aliphatic carbocycles. The van der Waals surface area contributed by atoms with Gasteiger partial charge in [-0.1, -0.05) is 18.2 Å². The summed E-state index contributed by atoms with van der Waals surface area (Å²) in [7, 11) is 0. The van der Waals surface area contributed by atoms with Crippen molar-refractivity contribution in [3.63, 3.8) is 0 Å². The van der Waals surface area contributed by atoms with Crippen LogP contribution in [0.3, 0.4) is 0 Å². The van der Waals surface area contributed by atoms with E-state index in [2.05, 4.69) is 10.3 Å². The highest BCUT2D eigenvalue weighted by molar-refractivity contribution is 5.93. The molecule has 5 rings (SSSR count). The number of pyridine rings is 1. The number of amides is 2. The van der Waals surface area contributed by atoms with Crippen LogP contribution in [-0.2, 0) is 16.0 Å². The number of nitrogens with zero attached hydrogens (tertiary/aromatic N) is 2. The lowest BCUT2D eigenvalue weighted by molar-refractivity contribution is -0.137. The molecule has 1 aromatic carbocycles. The highest BCUT2D eigenvalue weighted by Crippen LogP contribution is 2.35. The zero-order valence-corrected chi connectivity index (χ0v) is 16.0. The molecule has 4 atom stereocenters. The van der Waals surface area contributed by atoms with E-state index in [4.69, 9.17) is 9.47 Å². The number of carbonyl (C=O) groups is 2. The van der Waals surface area contributed by atoms with E-state index in [1.807, 2.05) is 29.2 Å². The Balaban J connectivity index is 1.17. The number of nitrogens with one attached hydrogen (secondary N) is 1. The molecule has 2 fully saturated rings. The number of para-hydroxylation sites is 1. The first-order valence-corrected chi connectivity index (χ1v) is 10.0. The first-order chi connectivity index (χ1) is 14.2. The normalized spacial score (nSPS) is 27.2. The largest absolute Gasteiger partial charge is 0.480 e. The first-order valence-electron chi connectivity index (χ1n) is 10.0. The molecule has 7 nitrogen and oxygen atoms in total. The molecule has 3 aliphatic heterocycles. The van der Waals surface area contributed by atoms with Gasteiger partial charge in [0, 0.05) is 50.3 Å². The Hall–Kier alpha value is -2.93. The van der Waals surface area contributed by atoms with E-state index in [9.17, 15) is 9.59 Å². The van der Waals surface area contributed by atoms with Gasteiger partial charge in [0.2, 0.25) is 0 Å². The summed E-state index contributed by atoms with van der Waals surface area (Å²) >= 11 is 0. The van der Waals surface area contributed by atoms with Crippen molar-refractivity contribution in [2.75, 3.05) is 26.2 Å². The second-order valence-corrected chi connectivity index (χ2v) is 7.91. The Labute approximate surface area is 169 Å². The third-order valence-corrected chi connectivity index (χ3v) is 6.12. The van der Waals surface area contributed by atoms with Crippen LogP contribution in [0.1, 0.15) is 15.9 Å². The highest BCUT2D eigenvalue weighted by Gasteiger charge is 2.47. The van der Waals surface area contributed by atoms with Gasteiger partial charge in [-0.3, -0.25) is 14.6 Å². The van der Waals surface area contributed by atoms with Gasteiger partial charge in [0.05, 0.1) is 18.3 Å². The van der Waals surface area contributed by atoms with Gasteiger partial charge in [-0.2, -0.15) is 0 Å². The molecule has 3 aliphatic rings. The van der Waals surface area contributed by atoms with Crippen molar-refractivity contribution in [3.05, 3.63) is 59.9 Å². The molecule has 4 heterocycles. The van der Waals surface area contributed by atoms with Crippen LogP contribution >= 0.6 is 0 Å². The molecule has 0 bridgehead atoms. The summed E-state index contributed by atoms with van der Waals surface area (Å²) in [6.45, 7) is 2.37. The van der Waals surface area contributed by atoms with Gasteiger partial charge in [-0.25, -0.2) is 0 Å². The summed E-state index contributed by atoms with van der Waals surface area (Å²) in [6.07, 6.45) is 3.40. The Morgan fingerprint density at radius 2 is 2.07 bits per heavy atom. The quantitative estimate of drug-likeness (QED) is 0.847. The van der Waals surface area contributed by atoms with E-state index in [0.717, 1.165) is 11.3 Å². The van der Waals surface area contributed by atoms with Crippen LogP contribution in [0.5, 0.6) is 5.75 Å². The van der Waals surface area contributed by atoms with Gasteiger partial charge >= 0.3 is 0 Å². The van der Waals surface area contributed by atoms with E-state index in [-0.39, 0.29) is 29.8 Å². The summed E-state index contributed by atoms with van der Waals surface area (Å²) in [5.41, 5.74) is 1.63. The average molecular weight is 393 g/mol. The van der Waals surface area contributed by atoms with Crippen LogP contribution in [0, 0.1) is 11.8 Å². The molecule has 0 radical (unpaired) electrons. The monoisotopic (exact) mass is 393 g/mol. The summed E-state index contributed by atoms with van der Waals surface area (Å²) in [5.74, 6) is 1.12. The van der Waals surface area contributed by atoms with Crippen LogP contribution < -0.4 is 10.1 Å². The van der Waals surface area contributed by atoms with Crippen LogP contribution in [0.4, 0.5) is 0 Å². The van der Waals surface area contributed by atoms with E-state index in [1.165, 1.54) is 0 Å². The predicted octanol–water partition coefficient (Wildman–Crippen LogP) is 1.29. The molecular formula is C22H23N3O4. The molecule has 0 saturated carbocycles. The van der Waals surface area contributed by atoms with Crippen LogP contribution in [0.15, 0.2) is 48.8 Å². The first kappa shape index (κ1) is 18.1. The summed E-state index contributed by atoms with van der Waals surface area (Å²) in [4.78, 5) is 31.1. The number of aromatic nitrogens is 1. The van der Waals surface area contributed by atoms with E-state index in [0.29, 0.717) is 38.2 Å². The van der Waals surface area contributed by atoms with Gasteiger partial charge in [0.1, 0.15) is 5.75 Å². The van der Waals surface area contributed by atoms with Crippen molar-refractivity contribution in [1.29, 1.82) is 0 Å². The molecule has 0 unspecified atom stereocenters. The summed E-state index contributed by atoms with van der Waals surface area (Å²) in [5, 5.41) is 2.98. The number of likely N-dealkylation sites (tertiary alicyclic amines) is 1. The van der Waals surface area contributed by atoms with Crippen LogP contribution in [-0.4, -0.2) is 60.1 Å². The molecule has 7 heteroatoms. The van der Waals surface area contributed by atoms with Crippen molar-refractivity contribution >= 4 is 11.8 Å². The number of rotatable bonds is 4. The average Bonchev–Trinajstić information content (AvgIpc) is 3.46. The molecular weight excluding hydrogens is 370 g/mol. The minimum atomic E-state index is -0.449. The fourth-order valence-corrected chi connectivity index (χ4v) is 4.54. The van der Waals surface area contributed by atoms with Crippen LogP contribution in [0.25, 0.3) is 0 Å². The Morgan fingerprint density at radius 3 is 2.90 bits per heavy atom. The zero-order valence-electron chi connectivity index (χ0n) is 16.0. The van der Waals surface area contributed by atoms with E-state index >= 15 is 0 Å². The lowest BCUT2D eigenvalue weighted by Crippen LogP contribution is -2.41. The molecule has 2 saturated heterocycles. The Kier molecular flexibility index (Phi) is 4.67. The van der Waals surface area contributed by atoms with Gasteiger partial charge in [-0.15, -0.1) is 0 Å². The molecule has 29 heavy (non-hydrogen) atoms. The smallest absolute Gasteiger partial charge is 0.264 e. The number of benzene rings is 1. The third-order valence-electron chi connectivity index (χ3n) is 6.12. The standard InChI is InChI=1S/C22H23N3O4/c26-21(15-5-3-7-23-9-15)24-10-16-13-28-20-12-25(11-17(16)20)22(27)19-8-14-4-1-2-6-18(14)29-19/h1-7,9,16-17,19-20H,8,10-13H2,(H,24,26)/t16-,17-,19+,20-/m1/s1. The van der Waals surface area contributed by atoms with Crippen molar-refractivity contribution in [1.82, 2.24) is 15.2 Å². The second kappa shape index (κ2) is 7.48. The predicted molar refractivity (Wildman–Crippen MR) is 104 cm³/mol. The number of ether oxygens (including phenoxy) is 2. The zero-order chi connectivity index (χ0) is 19.8. The SMILES string of the molecule is O=C(NC[C@@H]1CO[C@@H]2CN(C(=O)[C@@H]3Cc4ccccc4O3)C[C@H]12)c1cccnc1. The second-order valence-electron chi connectivity index (χ2n) is 7.91. The van der Waals surface area contributed by atoms with E-state index in [1.54, 1.807) is 24.5 Å². The van der Waals surface area contributed by atoms with Crippen molar-refractivity contribution in [2.45, 2.75) is 18.6 Å². The number of fused-ring (bicyclic) bond motifs is 2. The molecule has 1 N–H and O–H groups in total. The maximum Gasteiger partial charge on any atom is 0.264 e. The van der Waals surface area contributed by atoms with Crippen molar-refractivity contribution in [3.8, 4) is 5.75 Å². The molecule has 0 spiro atoms. The van der Waals surface area contributed by atoms with Gasteiger partial charge < -0.3 is 19.7 Å².